The zero-order chi connectivity index (χ0) is 6.53. The minimum Gasteiger partial charge on any atom is -0.310 e. The van der Waals surface area contributed by atoms with Crippen LogP contribution in [0.15, 0.2) is 0 Å². The van der Waals surface area contributed by atoms with E-state index >= 15 is 0 Å². The molecule has 0 unspecified atom stereocenters. The van der Waals surface area contributed by atoms with E-state index in [4.69, 9.17) is 0 Å². The van der Waals surface area contributed by atoms with Crippen LogP contribution in [-0.2, 0) is 4.79 Å². The van der Waals surface area contributed by atoms with Crippen LogP contribution < -0.4 is 10.6 Å². The largest absolute Gasteiger partial charge is 0.310 e. The number of rotatable bonds is 0. The van der Waals surface area contributed by atoms with Gasteiger partial charge in [-0.15, -0.1) is 0 Å². The summed E-state index contributed by atoms with van der Waals surface area (Å²) in [7, 11) is 0. The number of nitrogens with one attached hydrogen (secondary N) is 2. The van der Waals surface area contributed by atoms with Crippen LogP contribution in [0.4, 0.5) is 0 Å². The summed E-state index contributed by atoms with van der Waals surface area (Å²) in [6.45, 7) is 2.98. The Morgan fingerprint density at radius 2 is 1.67 bits per heavy atom. The van der Waals surface area contributed by atoms with E-state index in [1.165, 1.54) is 0 Å². The van der Waals surface area contributed by atoms with Gasteiger partial charge in [0.05, 0.1) is 13.1 Å². The van der Waals surface area contributed by atoms with Gasteiger partial charge in [0, 0.05) is 0 Å². The standard InChI is InChI=1S/C6H12N2O/c9-6-4-7-2-1-3-8-5-6/h7-8H,1-5H2. The number of hydrogen-bond acceptors (Lipinski definition) is 3. The quantitative estimate of drug-likeness (QED) is 0.446. The molecule has 1 aliphatic heterocycles. The summed E-state index contributed by atoms with van der Waals surface area (Å²) in [5.41, 5.74) is 0. The third kappa shape index (κ3) is 2.58. The summed E-state index contributed by atoms with van der Waals surface area (Å²) in [6.07, 6.45) is 1.12. The fourth-order valence-electron chi connectivity index (χ4n) is 0.857. The molecular formula is C6H12N2O. The van der Waals surface area contributed by atoms with Gasteiger partial charge < -0.3 is 10.6 Å². The van der Waals surface area contributed by atoms with Crippen molar-refractivity contribution in [1.29, 1.82) is 0 Å². The maximum absolute atomic E-state index is 10.7. The molecule has 52 valence electrons. The molecule has 1 fully saturated rings. The SMILES string of the molecule is O=C1CNCCCNC1. The van der Waals surface area contributed by atoms with Crippen LogP contribution in [0.3, 0.4) is 0 Å². The summed E-state index contributed by atoms with van der Waals surface area (Å²) in [5, 5.41) is 6.09. The van der Waals surface area contributed by atoms with Gasteiger partial charge in [-0.25, -0.2) is 0 Å². The van der Waals surface area contributed by atoms with E-state index in [0.29, 0.717) is 13.1 Å². The molecule has 0 atom stereocenters. The van der Waals surface area contributed by atoms with Crippen molar-refractivity contribution in [3.63, 3.8) is 0 Å². The third-order valence-electron chi connectivity index (χ3n) is 1.35. The summed E-state index contributed by atoms with van der Waals surface area (Å²) in [5.74, 6) is 0.259. The lowest BCUT2D eigenvalue weighted by atomic mass is 10.3. The van der Waals surface area contributed by atoms with Crippen LogP contribution in [0.25, 0.3) is 0 Å². The van der Waals surface area contributed by atoms with Crippen LogP contribution >= 0.6 is 0 Å². The van der Waals surface area contributed by atoms with Crippen molar-refractivity contribution in [3.8, 4) is 0 Å². The van der Waals surface area contributed by atoms with Crippen LogP contribution in [0, 0.1) is 0 Å². The molecule has 1 saturated heterocycles. The average Bonchev–Trinajstić information content (AvgIpc) is 1.79. The van der Waals surface area contributed by atoms with Crippen molar-refractivity contribution in [2.75, 3.05) is 26.2 Å². The third-order valence-corrected chi connectivity index (χ3v) is 1.35. The molecule has 2 N–H and O–H groups in total. The Kier molecular flexibility index (Phi) is 2.67. The van der Waals surface area contributed by atoms with Gasteiger partial charge in [0.25, 0.3) is 0 Å². The highest BCUT2D eigenvalue weighted by molar-refractivity contribution is 5.82. The highest BCUT2D eigenvalue weighted by Crippen LogP contribution is 1.78. The van der Waals surface area contributed by atoms with Gasteiger partial charge in [0.2, 0.25) is 0 Å². The zero-order valence-electron chi connectivity index (χ0n) is 5.44. The molecule has 9 heavy (non-hydrogen) atoms. The van der Waals surface area contributed by atoms with Gasteiger partial charge in [-0.2, -0.15) is 0 Å². The van der Waals surface area contributed by atoms with Crippen molar-refractivity contribution >= 4 is 5.78 Å². The Morgan fingerprint density at radius 1 is 1.11 bits per heavy atom. The fraction of sp³-hybridized carbons (Fsp3) is 0.833. The molecule has 0 bridgehead atoms. The van der Waals surface area contributed by atoms with Gasteiger partial charge in [-0.05, 0) is 19.5 Å². The molecule has 3 heteroatoms. The van der Waals surface area contributed by atoms with Crippen LogP contribution in [0.2, 0.25) is 0 Å². The number of Topliss-reactive ketones (excluding diaryl/α,β-unsaturated/α-hetero) is 1. The smallest absolute Gasteiger partial charge is 0.160 e. The molecule has 0 aromatic rings. The highest BCUT2D eigenvalue weighted by Gasteiger charge is 2.02. The van der Waals surface area contributed by atoms with E-state index in [1.807, 2.05) is 0 Å². The summed E-state index contributed by atoms with van der Waals surface area (Å²) in [6, 6.07) is 0. The van der Waals surface area contributed by atoms with Crippen LogP contribution in [0.5, 0.6) is 0 Å². The summed E-state index contributed by atoms with van der Waals surface area (Å²) >= 11 is 0. The average molecular weight is 128 g/mol. The van der Waals surface area contributed by atoms with Gasteiger partial charge in [0.15, 0.2) is 5.78 Å². The first-order valence-corrected chi connectivity index (χ1v) is 3.33. The van der Waals surface area contributed by atoms with E-state index in [9.17, 15) is 4.79 Å². The van der Waals surface area contributed by atoms with E-state index in [2.05, 4.69) is 10.6 Å². The van der Waals surface area contributed by atoms with Crippen molar-refractivity contribution in [2.24, 2.45) is 0 Å². The molecule has 1 aliphatic rings. The van der Waals surface area contributed by atoms with Crippen molar-refractivity contribution in [2.45, 2.75) is 6.42 Å². The minimum atomic E-state index is 0.259. The van der Waals surface area contributed by atoms with Gasteiger partial charge in [-0.1, -0.05) is 0 Å². The molecular weight excluding hydrogens is 116 g/mol. The molecule has 0 amide bonds. The maximum Gasteiger partial charge on any atom is 0.160 e. The lowest BCUT2D eigenvalue weighted by Gasteiger charge is -2.09. The van der Waals surface area contributed by atoms with E-state index in [1.54, 1.807) is 0 Å². The van der Waals surface area contributed by atoms with Crippen molar-refractivity contribution in [3.05, 3.63) is 0 Å². The molecule has 0 aromatic heterocycles. The monoisotopic (exact) mass is 128 g/mol. The van der Waals surface area contributed by atoms with Crippen LogP contribution in [0.1, 0.15) is 6.42 Å². The summed E-state index contributed by atoms with van der Waals surface area (Å²) < 4.78 is 0. The van der Waals surface area contributed by atoms with Gasteiger partial charge >= 0.3 is 0 Å². The Labute approximate surface area is 54.8 Å². The molecule has 0 saturated carbocycles. The number of carbonyl (C=O) groups is 1. The topological polar surface area (TPSA) is 41.1 Å². The number of hydrogen-bond donors (Lipinski definition) is 2. The highest BCUT2D eigenvalue weighted by atomic mass is 16.1. The second kappa shape index (κ2) is 3.58. The molecule has 0 aromatic carbocycles. The van der Waals surface area contributed by atoms with Crippen molar-refractivity contribution in [1.82, 2.24) is 10.6 Å². The van der Waals surface area contributed by atoms with Crippen LogP contribution in [-0.4, -0.2) is 32.0 Å². The molecule has 1 heterocycles. The van der Waals surface area contributed by atoms with E-state index in [-0.39, 0.29) is 5.78 Å². The number of ketones is 1. The van der Waals surface area contributed by atoms with Gasteiger partial charge in [-0.3, -0.25) is 4.79 Å². The Balaban J connectivity index is 2.20. The predicted octanol–water partition coefficient (Wildman–Crippen LogP) is -0.862. The van der Waals surface area contributed by atoms with Crippen molar-refractivity contribution < 1.29 is 4.79 Å². The first kappa shape index (κ1) is 6.71. The first-order chi connectivity index (χ1) is 4.39. The fourth-order valence-corrected chi connectivity index (χ4v) is 0.857. The first-order valence-electron chi connectivity index (χ1n) is 3.33. The van der Waals surface area contributed by atoms with E-state index in [0.717, 1.165) is 19.5 Å². The minimum absolute atomic E-state index is 0.259. The molecule has 0 aliphatic carbocycles. The van der Waals surface area contributed by atoms with Gasteiger partial charge in [0.1, 0.15) is 0 Å². The molecule has 1 rings (SSSR count). The second-order valence-electron chi connectivity index (χ2n) is 2.25. The Bertz CT molecular complexity index is 93.2. The summed E-state index contributed by atoms with van der Waals surface area (Å²) in [4.78, 5) is 10.7. The Morgan fingerprint density at radius 3 is 2.22 bits per heavy atom. The number of carbonyl (C=O) groups excluding carboxylic acids is 1. The molecule has 0 radical (unpaired) electrons. The zero-order valence-corrected chi connectivity index (χ0v) is 5.44. The lowest BCUT2D eigenvalue weighted by Crippen LogP contribution is -2.36. The predicted molar refractivity (Wildman–Crippen MR) is 35.4 cm³/mol. The Hall–Kier alpha value is -0.410. The lowest BCUT2D eigenvalue weighted by molar-refractivity contribution is -0.117. The molecule has 0 spiro atoms. The maximum atomic E-state index is 10.7. The normalized spacial score (nSPS) is 22.9. The van der Waals surface area contributed by atoms with E-state index < -0.39 is 0 Å². The molecule has 3 nitrogen and oxygen atoms in total. The second-order valence-corrected chi connectivity index (χ2v) is 2.25.